The van der Waals surface area contributed by atoms with E-state index in [4.69, 9.17) is 21.3 Å². The molecule has 1 saturated heterocycles. The topological polar surface area (TPSA) is 63.5 Å². The van der Waals surface area contributed by atoms with Crippen molar-refractivity contribution in [3.8, 4) is 0 Å². The van der Waals surface area contributed by atoms with Crippen LogP contribution in [0.4, 0.5) is 4.79 Å². The van der Waals surface area contributed by atoms with Gasteiger partial charge in [-0.1, -0.05) is 17.7 Å². The van der Waals surface area contributed by atoms with Gasteiger partial charge >= 0.3 is 6.09 Å². The van der Waals surface area contributed by atoms with Gasteiger partial charge in [-0.2, -0.15) is 0 Å². The van der Waals surface area contributed by atoms with Crippen LogP contribution in [0.3, 0.4) is 0 Å². The maximum absolute atomic E-state index is 12.7. The second kappa shape index (κ2) is 10.2. The van der Waals surface area contributed by atoms with Crippen LogP contribution in [-0.2, 0) is 11.3 Å². The molecule has 194 valence electrons. The number of halogens is 2. The number of fused-ring (bicyclic) bond motifs is 2. The molecule has 3 aromatic rings. The van der Waals surface area contributed by atoms with E-state index in [-0.39, 0.29) is 12.1 Å². The number of allylic oxidation sites excluding steroid dienone is 1. The van der Waals surface area contributed by atoms with Gasteiger partial charge in [-0.3, -0.25) is 9.88 Å². The molecule has 0 N–H and O–H groups in total. The third kappa shape index (κ3) is 5.61. The van der Waals surface area contributed by atoms with Gasteiger partial charge in [0.15, 0.2) is 0 Å². The summed E-state index contributed by atoms with van der Waals surface area (Å²) in [5, 5.41) is 0.696. The predicted molar refractivity (Wildman–Crippen MR) is 149 cm³/mol. The van der Waals surface area contributed by atoms with E-state index in [0.29, 0.717) is 37.7 Å². The van der Waals surface area contributed by atoms with Crippen molar-refractivity contribution in [1.29, 1.82) is 0 Å². The Balaban J connectivity index is 1.53. The molecule has 5 rings (SSSR count). The number of hydrogen-bond acceptors (Lipinski definition) is 5. The average molecular weight is 585 g/mol. The Hall–Kier alpha value is -2.68. The van der Waals surface area contributed by atoms with Crippen molar-refractivity contribution in [2.24, 2.45) is 0 Å². The summed E-state index contributed by atoms with van der Waals surface area (Å²) in [6, 6.07) is 8.16. The lowest BCUT2D eigenvalue weighted by Crippen LogP contribution is -2.51. The summed E-state index contributed by atoms with van der Waals surface area (Å²) in [5.41, 5.74) is 4.95. The average Bonchev–Trinajstić information content (AvgIpc) is 3.18. The number of ether oxygens (including phenoxy) is 1. The summed E-state index contributed by atoms with van der Waals surface area (Å²) in [5.74, 6) is 0.954. The fourth-order valence-electron chi connectivity index (χ4n) is 5.00. The van der Waals surface area contributed by atoms with Gasteiger partial charge in [-0.15, -0.1) is 0 Å². The third-order valence-electron chi connectivity index (χ3n) is 6.76. The molecule has 1 amide bonds. The molecular formula is C28H31BrClN5O2. The smallest absolute Gasteiger partial charge is 0.410 e. The lowest BCUT2D eigenvalue weighted by Gasteiger charge is -2.40. The van der Waals surface area contributed by atoms with Crippen molar-refractivity contribution in [2.75, 3.05) is 26.2 Å². The third-order valence-corrected chi connectivity index (χ3v) is 7.43. The maximum atomic E-state index is 12.7. The van der Waals surface area contributed by atoms with Crippen LogP contribution >= 0.6 is 27.5 Å². The molecule has 7 nitrogen and oxygen atoms in total. The molecule has 1 aromatic carbocycles. The molecule has 3 heterocycles. The molecule has 0 bridgehead atoms. The SMILES string of the molecule is Cc1nccn1CC1=Cc2cc(Cl)ccc2C(N2CCN(C(=O)OC(C)(C)C)CC2)c2ncc(Br)cc21. The highest BCUT2D eigenvalue weighted by Gasteiger charge is 2.34. The predicted octanol–water partition coefficient (Wildman–Crippen LogP) is 6.20. The minimum absolute atomic E-state index is 0.0752. The number of hydrogen-bond donors (Lipinski definition) is 0. The van der Waals surface area contributed by atoms with Crippen LogP contribution in [0.15, 0.2) is 47.3 Å². The fraction of sp³-hybridized carbons (Fsp3) is 0.393. The van der Waals surface area contributed by atoms with Crippen molar-refractivity contribution >= 4 is 45.3 Å². The summed E-state index contributed by atoms with van der Waals surface area (Å²) in [6.45, 7) is 11.0. The Morgan fingerprint density at radius 2 is 1.92 bits per heavy atom. The number of nitrogens with zero attached hydrogens (tertiary/aromatic N) is 5. The number of carbonyl (C=O) groups is 1. The molecule has 1 unspecified atom stereocenters. The van der Waals surface area contributed by atoms with Gasteiger partial charge < -0.3 is 14.2 Å². The number of piperazine rings is 1. The largest absolute Gasteiger partial charge is 0.444 e. The monoisotopic (exact) mass is 583 g/mol. The fourth-order valence-corrected chi connectivity index (χ4v) is 5.51. The second-order valence-corrected chi connectivity index (χ2v) is 11.9. The standard InChI is InChI=1S/C28H31BrClN5O2/c1-18-31-7-8-35(18)17-20-13-19-14-22(30)5-6-23(19)26(25-24(20)15-21(29)16-32-25)33-9-11-34(12-10-33)27(36)37-28(2,3)4/h5-8,13-16,26H,9-12,17H2,1-4H3. The zero-order chi connectivity index (χ0) is 26.3. The molecule has 37 heavy (non-hydrogen) atoms. The van der Waals surface area contributed by atoms with Crippen LogP contribution in [0.1, 0.15) is 55.0 Å². The molecule has 0 saturated carbocycles. The number of benzene rings is 1. The Kier molecular flexibility index (Phi) is 7.18. The Labute approximate surface area is 231 Å². The molecule has 1 aliphatic heterocycles. The quantitative estimate of drug-likeness (QED) is 0.367. The van der Waals surface area contributed by atoms with Gasteiger partial charge in [-0.05, 0) is 84.6 Å². The molecule has 1 atom stereocenters. The first kappa shape index (κ1) is 25.9. The summed E-state index contributed by atoms with van der Waals surface area (Å²) in [6.07, 6.45) is 7.65. The van der Waals surface area contributed by atoms with Gasteiger partial charge in [0.25, 0.3) is 0 Å². The Morgan fingerprint density at radius 3 is 2.59 bits per heavy atom. The number of rotatable bonds is 3. The second-order valence-electron chi connectivity index (χ2n) is 10.5. The number of aryl methyl sites for hydroxylation is 1. The number of aromatic nitrogens is 3. The summed E-state index contributed by atoms with van der Waals surface area (Å²) < 4.78 is 8.68. The van der Waals surface area contributed by atoms with E-state index in [2.05, 4.69) is 48.6 Å². The first-order valence-corrected chi connectivity index (χ1v) is 13.6. The van der Waals surface area contributed by atoms with Crippen LogP contribution in [0, 0.1) is 6.92 Å². The lowest BCUT2D eigenvalue weighted by molar-refractivity contribution is 0.0118. The van der Waals surface area contributed by atoms with E-state index >= 15 is 0 Å². The van der Waals surface area contributed by atoms with Crippen molar-refractivity contribution in [1.82, 2.24) is 24.3 Å². The highest BCUT2D eigenvalue weighted by molar-refractivity contribution is 9.10. The van der Waals surface area contributed by atoms with Crippen molar-refractivity contribution in [3.63, 3.8) is 0 Å². The highest BCUT2D eigenvalue weighted by Crippen LogP contribution is 2.41. The van der Waals surface area contributed by atoms with Gasteiger partial charge in [0, 0.05) is 66.4 Å². The molecule has 2 aliphatic rings. The molecule has 0 radical (unpaired) electrons. The van der Waals surface area contributed by atoms with Gasteiger partial charge in [0.1, 0.15) is 11.4 Å². The van der Waals surface area contributed by atoms with E-state index in [1.54, 1.807) is 4.90 Å². The Morgan fingerprint density at radius 1 is 1.16 bits per heavy atom. The van der Waals surface area contributed by atoms with Crippen molar-refractivity contribution in [3.05, 3.63) is 80.6 Å². The first-order chi connectivity index (χ1) is 17.6. The van der Waals surface area contributed by atoms with Crippen molar-refractivity contribution in [2.45, 2.75) is 45.9 Å². The number of pyridine rings is 1. The Bertz CT molecular complexity index is 1350. The molecular weight excluding hydrogens is 554 g/mol. The van der Waals surface area contributed by atoms with Crippen LogP contribution in [-0.4, -0.2) is 62.2 Å². The minimum atomic E-state index is -0.514. The van der Waals surface area contributed by atoms with Gasteiger partial charge in [0.2, 0.25) is 0 Å². The van der Waals surface area contributed by atoms with E-state index in [9.17, 15) is 4.79 Å². The van der Waals surface area contributed by atoms with E-state index in [1.165, 1.54) is 0 Å². The minimum Gasteiger partial charge on any atom is -0.444 e. The van der Waals surface area contributed by atoms with Crippen LogP contribution < -0.4 is 0 Å². The lowest BCUT2D eigenvalue weighted by atomic mass is 9.95. The molecule has 1 fully saturated rings. The molecule has 1 aliphatic carbocycles. The zero-order valence-corrected chi connectivity index (χ0v) is 23.9. The normalized spacial score (nSPS) is 18.1. The summed E-state index contributed by atoms with van der Waals surface area (Å²) in [7, 11) is 0. The van der Waals surface area contributed by atoms with Crippen LogP contribution in [0.5, 0.6) is 0 Å². The van der Waals surface area contributed by atoms with Crippen LogP contribution in [0.25, 0.3) is 11.6 Å². The van der Waals surface area contributed by atoms with Gasteiger partial charge in [0.05, 0.1) is 11.7 Å². The number of amides is 1. The number of carbonyl (C=O) groups excluding carboxylic acids is 1. The first-order valence-electron chi connectivity index (χ1n) is 12.4. The highest BCUT2D eigenvalue weighted by atomic mass is 79.9. The maximum Gasteiger partial charge on any atom is 0.410 e. The number of imidazole rings is 1. The molecule has 0 spiro atoms. The van der Waals surface area contributed by atoms with E-state index < -0.39 is 5.60 Å². The van der Waals surface area contributed by atoms with E-state index in [0.717, 1.165) is 38.3 Å². The van der Waals surface area contributed by atoms with E-state index in [1.807, 2.05) is 58.4 Å². The summed E-state index contributed by atoms with van der Waals surface area (Å²) in [4.78, 5) is 26.3. The van der Waals surface area contributed by atoms with Crippen LogP contribution in [0.2, 0.25) is 5.02 Å². The molecule has 9 heteroatoms. The summed E-state index contributed by atoms with van der Waals surface area (Å²) >= 11 is 10.1. The van der Waals surface area contributed by atoms with Gasteiger partial charge in [-0.25, -0.2) is 9.78 Å². The molecule has 2 aromatic heterocycles. The zero-order valence-electron chi connectivity index (χ0n) is 21.5. The van der Waals surface area contributed by atoms with Crippen molar-refractivity contribution < 1.29 is 9.53 Å².